The molecule has 0 heterocycles. The van der Waals surface area contributed by atoms with Crippen molar-refractivity contribution in [3.05, 3.63) is 0 Å². The first-order valence-corrected chi connectivity index (χ1v) is 4.54. The number of terminal acetylenes is 1. The van der Waals surface area contributed by atoms with Gasteiger partial charge in [-0.15, -0.1) is 12.3 Å². The molecule has 1 N–H and O–H groups in total. The minimum absolute atomic E-state index is 0.0887. The Morgan fingerprint density at radius 1 is 1.53 bits per heavy atom. The van der Waals surface area contributed by atoms with Crippen LogP contribution in [0.4, 0.5) is 0 Å². The van der Waals surface area contributed by atoms with Gasteiger partial charge in [0.2, 0.25) is 5.91 Å². The second-order valence-corrected chi connectivity index (χ2v) is 2.69. The fourth-order valence-electron chi connectivity index (χ4n) is 0.884. The molecule has 0 fully saturated rings. The Bertz CT molecular complexity index is 257. The summed E-state index contributed by atoms with van der Waals surface area (Å²) in [5.41, 5.74) is 0. The summed E-state index contributed by atoms with van der Waals surface area (Å²) in [6.07, 6.45) is 5.16. The number of rotatable bonds is 6. The molecule has 0 aliphatic rings. The van der Waals surface area contributed by atoms with Crippen molar-refractivity contribution in [2.45, 2.75) is 19.4 Å². The average molecular weight is 213 g/mol. The predicted octanol–water partition coefficient (Wildman–Crippen LogP) is -0.296. The smallest absolute Gasteiger partial charge is 0.329 e. The van der Waals surface area contributed by atoms with Crippen LogP contribution in [0.25, 0.3) is 0 Å². The largest absolute Gasteiger partial charge is 0.467 e. The quantitative estimate of drug-likeness (QED) is 0.486. The second kappa shape index (κ2) is 7.83. The zero-order chi connectivity index (χ0) is 11.7. The Labute approximate surface area is 89.1 Å². The third kappa shape index (κ3) is 5.70. The van der Waals surface area contributed by atoms with E-state index >= 15 is 0 Å². The van der Waals surface area contributed by atoms with Crippen LogP contribution in [0, 0.1) is 12.3 Å². The van der Waals surface area contributed by atoms with Crippen molar-refractivity contribution in [2.24, 2.45) is 0 Å². The first kappa shape index (κ1) is 13.5. The van der Waals surface area contributed by atoms with E-state index < -0.39 is 12.0 Å². The van der Waals surface area contributed by atoms with E-state index in [2.05, 4.69) is 16.0 Å². The molecule has 0 bridgehead atoms. The Balaban J connectivity index is 4.11. The van der Waals surface area contributed by atoms with Gasteiger partial charge in [-0.05, 0) is 6.92 Å². The van der Waals surface area contributed by atoms with Crippen LogP contribution in [-0.2, 0) is 19.1 Å². The van der Waals surface area contributed by atoms with E-state index in [0.717, 1.165) is 0 Å². The Kier molecular flexibility index (Phi) is 7.02. The lowest BCUT2D eigenvalue weighted by molar-refractivity contribution is -0.145. The highest BCUT2D eigenvalue weighted by atomic mass is 16.5. The number of hydrogen-bond donors (Lipinski definition) is 1. The number of methoxy groups -OCH3 is 1. The molecular weight excluding hydrogens is 198 g/mol. The summed E-state index contributed by atoms with van der Waals surface area (Å²) in [5.74, 6) is 1.34. The van der Waals surface area contributed by atoms with Crippen molar-refractivity contribution in [3.63, 3.8) is 0 Å². The highest BCUT2D eigenvalue weighted by Gasteiger charge is 2.19. The van der Waals surface area contributed by atoms with Gasteiger partial charge in [-0.2, -0.15) is 0 Å². The fraction of sp³-hybridized carbons (Fsp3) is 0.600. The SMILES string of the molecule is C#CC[C@@H](NC(=O)COCC)C(=O)OC. The molecule has 0 saturated carbocycles. The topological polar surface area (TPSA) is 64.6 Å². The van der Waals surface area contributed by atoms with Gasteiger partial charge in [0.15, 0.2) is 0 Å². The van der Waals surface area contributed by atoms with Crippen LogP contribution < -0.4 is 5.32 Å². The summed E-state index contributed by atoms with van der Waals surface area (Å²) in [7, 11) is 1.24. The van der Waals surface area contributed by atoms with Crippen molar-refractivity contribution in [1.29, 1.82) is 0 Å². The van der Waals surface area contributed by atoms with Crippen LogP contribution in [0.1, 0.15) is 13.3 Å². The van der Waals surface area contributed by atoms with Crippen LogP contribution >= 0.6 is 0 Å². The van der Waals surface area contributed by atoms with Gasteiger partial charge in [0, 0.05) is 13.0 Å². The van der Waals surface area contributed by atoms with Gasteiger partial charge in [0.1, 0.15) is 12.6 Å². The lowest BCUT2D eigenvalue weighted by atomic mass is 10.2. The summed E-state index contributed by atoms with van der Waals surface area (Å²) < 4.78 is 9.35. The fourth-order valence-corrected chi connectivity index (χ4v) is 0.884. The van der Waals surface area contributed by atoms with Crippen LogP contribution in [0.3, 0.4) is 0 Å². The Hall–Kier alpha value is -1.54. The van der Waals surface area contributed by atoms with E-state index in [1.54, 1.807) is 6.92 Å². The molecule has 5 heteroatoms. The summed E-state index contributed by atoms with van der Waals surface area (Å²) in [4.78, 5) is 22.3. The molecule has 0 radical (unpaired) electrons. The molecule has 0 rings (SSSR count). The highest BCUT2D eigenvalue weighted by Crippen LogP contribution is 1.93. The Morgan fingerprint density at radius 3 is 2.67 bits per heavy atom. The van der Waals surface area contributed by atoms with Crippen LogP contribution in [0.2, 0.25) is 0 Å². The van der Waals surface area contributed by atoms with Crippen LogP contribution in [0.5, 0.6) is 0 Å². The maximum atomic E-state index is 11.2. The lowest BCUT2D eigenvalue weighted by Gasteiger charge is -2.13. The van der Waals surface area contributed by atoms with Crippen LogP contribution in [-0.4, -0.2) is 38.2 Å². The van der Waals surface area contributed by atoms with Gasteiger partial charge in [-0.1, -0.05) is 0 Å². The van der Waals surface area contributed by atoms with Gasteiger partial charge in [-0.25, -0.2) is 4.79 Å². The second-order valence-electron chi connectivity index (χ2n) is 2.69. The van der Waals surface area contributed by atoms with Gasteiger partial charge in [0.25, 0.3) is 0 Å². The number of carbonyl (C=O) groups is 2. The van der Waals surface area contributed by atoms with Gasteiger partial charge in [-0.3, -0.25) is 4.79 Å². The zero-order valence-electron chi connectivity index (χ0n) is 8.91. The first-order valence-electron chi connectivity index (χ1n) is 4.54. The lowest BCUT2D eigenvalue weighted by Crippen LogP contribution is -2.42. The molecule has 0 aliphatic carbocycles. The van der Waals surface area contributed by atoms with E-state index in [0.29, 0.717) is 6.61 Å². The first-order chi connectivity index (χ1) is 7.15. The molecule has 0 aromatic heterocycles. The van der Waals surface area contributed by atoms with E-state index in [1.807, 2.05) is 0 Å². The van der Waals surface area contributed by atoms with Crippen molar-refractivity contribution in [2.75, 3.05) is 20.3 Å². The number of amides is 1. The van der Waals surface area contributed by atoms with E-state index in [9.17, 15) is 9.59 Å². The number of esters is 1. The number of hydrogen-bond acceptors (Lipinski definition) is 4. The van der Waals surface area contributed by atoms with Crippen molar-refractivity contribution in [3.8, 4) is 12.3 Å². The average Bonchev–Trinajstić information content (AvgIpc) is 2.24. The van der Waals surface area contributed by atoms with Crippen molar-refractivity contribution < 1.29 is 19.1 Å². The van der Waals surface area contributed by atoms with Crippen molar-refractivity contribution in [1.82, 2.24) is 5.32 Å². The summed E-state index contributed by atoms with van der Waals surface area (Å²) >= 11 is 0. The van der Waals surface area contributed by atoms with E-state index in [-0.39, 0.29) is 18.9 Å². The summed E-state index contributed by atoms with van der Waals surface area (Å²) in [6, 6.07) is -0.798. The molecule has 0 aliphatic heterocycles. The van der Waals surface area contributed by atoms with Gasteiger partial charge >= 0.3 is 5.97 Å². The molecule has 15 heavy (non-hydrogen) atoms. The number of carbonyl (C=O) groups excluding carboxylic acids is 2. The Morgan fingerprint density at radius 2 is 2.20 bits per heavy atom. The number of nitrogens with one attached hydrogen (secondary N) is 1. The molecule has 0 aromatic rings. The molecule has 1 atom stereocenters. The minimum Gasteiger partial charge on any atom is -0.467 e. The van der Waals surface area contributed by atoms with Crippen molar-refractivity contribution >= 4 is 11.9 Å². The molecule has 0 unspecified atom stereocenters. The number of ether oxygens (including phenoxy) is 2. The third-order valence-electron chi connectivity index (χ3n) is 1.58. The molecule has 84 valence electrons. The van der Waals surface area contributed by atoms with Crippen LogP contribution in [0.15, 0.2) is 0 Å². The normalized spacial score (nSPS) is 11.3. The molecular formula is C10H15NO4. The minimum atomic E-state index is -0.798. The maximum absolute atomic E-state index is 11.2. The highest BCUT2D eigenvalue weighted by molar-refractivity contribution is 5.85. The van der Waals surface area contributed by atoms with E-state index in [1.165, 1.54) is 7.11 Å². The van der Waals surface area contributed by atoms with E-state index in [4.69, 9.17) is 11.2 Å². The molecule has 0 saturated heterocycles. The van der Waals surface area contributed by atoms with Gasteiger partial charge in [0.05, 0.1) is 7.11 Å². The predicted molar refractivity (Wildman–Crippen MR) is 53.9 cm³/mol. The van der Waals surface area contributed by atoms with Gasteiger partial charge < -0.3 is 14.8 Å². The summed E-state index contributed by atoms with van der Waals surface area (Å²) in [6.45, 7) is 2.12. The molecule has 5 nitrogen and oxygen atoms in total. The standard InChI is InChI=1S/C10H15NO4/c1-4-6-8(10(13)14-3)11-9(12)7-15-5-2/h1,8H,5-7H2,2-3H3,(H,11,12)/t8-/m1/s1. The monoisotopic (exact) mass is 213 g/mol. The maximum Gasteiger partial charge on any atom is 0.329 e. The zero-order valence-corrected chi connectivity index (χ0v) is 8.91. The molecule has 1 amide bonds. The summed E-state index contributed by atoms with van der Waals surface area (Å²) in [5, 5.41) is 2.42. The molecule has 0 spiro atoms. The third-order valence-corrected chi connectivity index (χ3v) is 1.58. The molecule has 0 aromatic carbocycles.